The Morgan fingerprint density at radius 1 is 1.38 bits per heavy atom. The van der Waals surface area contributed by atoms with E-state index in [-0.39, 0.29) is 22.2 Å². The molecule has 1 aromatic heterocycles. The molecule has 0 spiro atoms. The Hall–Kier alpha value is -2.61. The molecule has 1 saturated heterocycles. The van der Waals surface area contributed by atoms with Gasteiger partial charge in [0.2, 0.25) is 5.43 Å². The van der Waals surface area contributed by atoms with Crippen LogP contribution in [0.4, 0.5) is 15.8 Å². The molecule has 1 aliphatic heterocycles. The predicted molar refractivity (Wildman–Crippen MR) is 109 cm³/mol. The first-order chi connectivity index (χ1) is 13.7. The van der Waals surface area contributed by atoms with Crippen molar-refractivity contribution in [2.45, 2.75) is 50.4 Å². The Balaban J connectivity index is 1.68. The highest BCUT2D eigenvalue weighted by atomic mass is 19.1. The van der Waals surface area contributed by atoms with Gasteiger partial charge in [0, 0.05) is 42.6 Å². The molecule has 7 nitrogen and oxygen atoms in total. The van der Waals surface area contributed by atoms with Gasteiger partial charge in [0.1, 0.15) is 11.7 Å². The molecule has 8 heteroatoms. The van der Waals surface area contributed by atoms with Crippen LogP contribution in [-0.4, -0.2) is 40.4 Å². The van der Waals surface area contributed by atoms with E-state index in [4.69, 9.17) is 11.5 Å². The van der Waals surface area contributed by atoms with E-state index in [9.17, 15) is 19.1 Å². The Kier molecular flexibility index (Phi) is 3.78. The van der Waals surface area contributed by atoms with Crippen LogP contribution in [0.15, 0.2) is 17.1 Å². The number of alkyl halides is 1. The fourth-order valence-electron chi connectivity index (χ4n) is 4.91. The lowest BCUT2D eigenvalue weighted by atomic mass is 9.97. The molecule has 0 radical (unpaired) electrons. The molecule has 0 amide bonds. The molecule has 3 atom stereocenters. The summed E-state index contributed by atoms with van der Waals surface area (Å²) in [6, 6.07) is 1.29. The average molecular weight is 400 g/mol. The number of fused-ring (bicyclic) bond motifs is 1. The molecule has 154 valence electrons. The first-order valence-electron chi connectivity index (χ1n) is 10.1. The van der Waals surface area contributed by atoms with Crippen molar-refractivity contribution in [1.29, 1.82) is 0 Å². The van der Waals surface area contributed by atoms with E-state index in [2.05, 4.69) is 4.90 Å². The van der Waals surface area contributed by atoms with E-state index in [1.165, 1.54) is 6.20 Å². The van der Waals surface area contributed by atoms with Gasteiger partial charge < -0.3 is 26.0 Å². The summed E-state index contributed by atoms with van der Waals surface area (Å²) in [6.07, 6.45) is 3.66. The summed E-state index contributed by atoms with van der Waals surface area (Å²) in [5, 5.41) is 9.61. The van der Waals surface area contributed by atoms with Gasteiger partial charge in [-0.05, 0) is 43.7 Å². The van der Waals surface area contributed by atoms with Gasteiger partial charge in [-0.25, -0.2) is 9.18 Å². The van der Waals surface area contributed by atoms with Crippen molar-refractivity contribution < 1.29 is 14.3 Å². The zero-order chi connectivity index (χ0) is 20.7. The lowest BCUT2D eigenvalue weighted by molar-refractivity contribution is 0.0694. The molecular formula is C21H25FN4O3. The van der Waals surface area contributed by atoms with Crippen molar-refractivity contribution in [2.75, 3.05) is 23.7 Å². The van der Waals surface area contributed by atoms with Crippen molar-refractivity contribution in [3.8, 4) is 0 Å². The largest absolute Gasteiger partial charge is 0.477 e. The SMILES string of the molecule is Cc1c(N2CC[C@@H](C3(N)CC3)C2)cc(N)c2c(=O)c(C(=O)O)cn([C@@H]3C[C@@H]3F)c12. The van der Waals surface area contributed by atoms with Crippen LogP contribution in [0.25, 0.3) is 10.9 Å². The number of benzene rings is 1. The molecule has 1 aromatic carbocycles. The van der Waals surface area contributed by atoms with E-state index >= 15 is 0 Å². The molecule has 2 aromatic rings. The van der Waals surface area contributed by atoms with Crippen LogP contribution in [0.2, 0.25) is 0 Å². The van der Waals surface area contributed by atoms with Gasteiger partial charge in [-0.2, -0.15) is 0 Å². The lowest BCUT2D eigenvalue weighted by Gasteiger charge is -2.25. The number of anilines is 2. The standard InChI is InChI=1S/C21H25FN4O3/c1-10-15(25-5-2-11(8-25)21(24)3-4-21)7-14(23)17-18(10)26(16-6-13(16)22)9-12(19(17)27)20(28)29/h7,9,11,13,16H,2-6,8,23-24H2,1H3,(H,28,29)/t11-,13+,16-/m1/s1. The Morgan fingerprint density at radius 2 is 2.07 bits per heavy atom. The number of nitrogen functional groups attached to an aromatic ring is 1. The molecule has 2 heterocycles. The molecule has 3 aliphatic rings. The summed E-state index contributed by atoms with van der Waals surface area (Å²) in [6.45, 7) is 3.57. The molecule has 2 saturated carbocycles. The van der Waals surface area contributed by atoms with Gasteiger partial charge in [0.25, 0.3) is 0 Å². The second-order valence-electron chi connectivity index (χ2n) is 8.90. The van der Waals surface area contributed by atoms with Crippen LogP contribution in [0.5, 0.6) is 0 Å². The number of nitrogens with two attached hydrogens (primary N) is 2. The number of nitrogens with zero attached hydrogens (tertiary/aromatic N) is 2. The summed E-state index contributed by atoms with van der Waals surface area (Å²) in [5.41, 5.74) is 14.1. The number of carboxylic acid groups (broad SMARTS) is 1. The monoisotopic (exact) mass is 400 g/mol. The zero-order valence-electron chi connectivity index (χ0n) is 16.3. The van der Waals surface area contributed by atoms with Crippen molar-refractivity contribution in [1.82, 2.24) is 4.57 Å². The first kappa shape index (κ1) is 18.4. The van der Waals surface area contributed by atoms with Crippen molar-refractivity contribution in [3.63, 3.8) is 0 Å². The minimum Gasteiger partial charge on any atom is -0.477 e. The Labute approximate surface area is 167 Å². The maximum absolute atomic E-state index is 13.9. The van der Waals surface area contributed by atoms with Gasteiger partial charge in [-0.15, -0.1) is 0 Å². The van der Waals surface area contributed by atoms with Gasteiger partial charge in [-0.1, -0.05) is 0 Å². The summed E-state index contributed by atoms with van der Waals surface area (Å²) in [5.74, 6) is -0.906. The van der Waals surface area contributed by atoms with Gasteiger partial charge >= 0.3 is 5.97 Å². The van der Waals surface area contributed by atoms with E-state index in [0.29, 0.717) is 17.9 Å². The fraction of sp³-hybridized carbons (Fsp3) is 0.524. The lowest BCUT2D eigenvalue weighted by Crippen LogP contribution is -2.34. The van der Waals surface area contributed by atoms with Crippen molar-refractivity contribution in [3.05, 3.63) is 33.6 Å². The molecule has 0 bridgehead atoms. The third-order valence-electron chi connectivity index (χ3n) is 6.99. The quantitative estimate of drug-likeness (QED) is 0.678. The maximum atomic E-state index is 13.9. The van der Waals surface area contributed by atoms with Crippen LogP contribution in [0, 0.1) is 12.8 Å². The zero-order valence-corrected chi connectivity index (χ0v) is 16.3. The minimum absolute atomic E-state index is 0.0566. The molecule has 2 aliphatic carbocycles. The van der Waals surface area contributed by atoms with Crippen LogP contribution >= 0.6 is 0 Å². The Bertz CT molecular complexity index is 1110. The number of carbonyl (C=O) groups is 1. The minimum atomic E-state index is -1.33. The highest BCUT2D eigenvalue weighted by molar-refractivity contribution is 6.01. The molecule has 5 rings (SSSR count). The number of hydrogen-bond acceptors (Lipinski definition) is 5. The molecule has 29 heavy (non-hydrogen) atoms. The third-order valence-corrected chi connectivity index (χ3v) is 6.99. The van der Waals surface area contributed by atoms with Gasteiger partial charge in [0.05, 0.1) is 16.9 Å². The molecule has 3 fully saturated rings. The molecular weight excluding hydrogens is 375 g/mol. The number of aromatic nitrogens is 1. The number of rotatable bonds is 4. The van der Waals surface area contributed by atoms with E-state index in [1.54, 1.807) is 10.6 Å². The third kappa shape index (κ3) is 2.73. The van der Waals surface area contributed by atoms with Gasteiger partial charge in [0.15, 0.2) is 0 Å². The van der Waals surface area contributed by atoms with Crippen LogP contribution in [0.1, 0.15) is 47.6 Å². The topological polar surface area (TPSA) is 115 Å². The smallest absolute Gasteiger partial charge is 0.341 e. The van der Waals surface area contributed by atoms with Crippen molar-refractivity contribution >= 4 is 28.2 Å². The number of carboxylic acids is 1. The average Bonchev–Trinajstić information content (AvgIpc) is 3.53. The number of pyridine rings is 1. The van der Waals surface area contributed by atoms with Crippen molar-refractivity contribution in [2.24, 2.45) is 11.7 Å². The summed E-state index contributed by atoms with van der Waals surface area (Å²) in [4.78, 5) is 26.7. The number of aromatic carboxylic acids is 1. The second-order valence-corrected chi connectivity index (χ2v) is 8.90. The van der Waals surface area contributed by atoms with E-state index in [0.717, 1.165) is 43.6 Å². The predicted octanol–water partition coefficient (Wildman–Crippen LogP) is 2.19. The first-order valence-corrected chi connectivity index (χ1v) is 10.1. The number of halogens is 1. The van der Waals surface area contributed by atoms with Crippen LogP contribution in [-0.2, 0) is 0 Å². The molecule has 0 unspecified atom stereocenters. The Morgan fingerprint density at radius 3 is 2.66 bits per heavy atom. The maximum Gasteiger partial charge on any atom is 0.341 e. The number of aryl methyl sites for hydroxylation is 1. The van der Waals surface area contributed by atoms with Crippen LogP contribution in [0.3, 0.4) is 0 Å². The summed E-state index contributed by atoms with van der Waals surface area (Å²) in [7, 11) is 0. The normalized spacial score (nSPS) is 27.4. The van der Waals surface area contributed by atoms with Gasteiger partial charge in [-0.3, -0.25) is 4.79 Å². The molecule has 5 N–H and O–H groups in total. The van der Waals surface area contributed by atoms with E-state index in [1.807, 2.05) is 6.92 Å². The summed E-state index contributed by atoms with van der Waals surface area (Å²) < 4.78 is 15.6. The highest BCUT2D eigenvalue weighted by Crippen LogP contribution is 2.46. The van der Waals surface area contributed by atoms with E-state index < -0.39 is 23.6 Å². The van der Waals surface area contributed by atoms with Crippen LogP contribution < -0.4 is 21.8 Å². The number of hydrogen-bond donors (Lipinski definition) is 3. The second kappa shape index (κ2) is 5.95. The summed E-state index contributed by atoms with van der Waals surface area (Å²) >= 11 is 0. The highest BCUT2D eigenvalue weighted by Gasteiger charge is 2.48. The fourth-order valence-corrected chi connectivity index (χ4v) is 4.91.